The second-order valence-corrected chi connectivity index (χ2v) is 6.03. The van der Waals surface area contributed by atoms with Crippen molar-refractivity contribution in [1.29, 1.82) is 0 Å². The van der Waals surface area contributed by atoms with Gasteiger partial charge in [-0.2, -0.15) is 0 Å². The molecule has 6 heteroatoms. The summed E-state index contributed by atoms with van der Waals surface area (Å²) in [7, 11) is 0. The Morgan fingerprint density at radius 2 is 1.62 bits per heavy atom. The molecule has 0 saturated heterocycles. The van der Waals surface area contributed by atoms with Crippen molar-refractivity contribution in [2.45, 2.75) is 13.8 Å². The summed E-state index contributed by atoms with van der Waals surface area (Å²) in [5.74, 6) is 0.394. The van der Waals surface area contributed by atoms with Crippen LogP contribution >= 0.6 is 0 Å². The molecule has 26 heavy (non-hydrogen) atoms. The van der Waals surface area contributed by atoms with E-state index in [0.717, 1.165) is 10.9 Å². The molecule has 0 unspecified atom stereocenters. The number of ether oxygens (including phenoxy) is 1. The van der Waals surface area contributed by atoms with Crippen LogP contribution in [0, 0.1) is 13.8 Å². The predicted octanol–water partition coefficient (Wildman–Crippen LogP) is 4.01. The second kappa shape index (κ2) is 5.77. The molecule has 0 atom stereocenters. The zero-order chi connectivity index (χ0) is 18.4. The number of aryl methyl sites for hydroxylation is 2. The van der Waals surface area contributed by atoms with Crippen LogP contribution in [0.3, 0.4) is 0 Å². The molecule has 0 fully saturated rings. The van der Waals surface area contributed by atoms with Crippen molar-refractivity contribution < 1.29 is 18.7 Å². The summed E-state index contributed by atoms with van der Waals surface area (Å²) in [6.07, 6.45) is 0. The minimum absolute atomic E-state index is 0.00801. The summed E-state index contributed by atoms with van der Waals surface area (Å²) in [5, 5.41) is 11.0. The van der Waals surface area contributed by atoms with Crippen molar-refractivity contribution >= 4 is 21.9 Å². The van der Waals surface area contributed by atoms with Crippen molar-refractivity contribution in [2.24, 2.45) is 0 Å². The quantitative estimate of drug-likeness (QED) is 0.549. The molecule has 1 N–H and O–H groups in total. The molecule has 0 aliphatic heterocycles. The summed E-state index contributed by atoms with van der Waals surface area (Å²) in [6.45, 7) is 3.55. The fourth-order valence-electron chi connectivity index (χ4n) is 2.93. The molecular formula is C20H14O6. The third-order valence-electron chi connectivity index (χ3n) is 4.24. The van der Waals surface area contributed by atoms with Gasteiger partial charge in [-0.15, -0.1) is 0 Å². The van der Waals surface area contributed by atoms with Crippen LogP contribution in [0.1, 0.15) is 11.1 Å². The van der Waals surface area contributed by atoms with Gasteiger partial charge in [-0.1, -0.05) is 0 Å². The van der Waals surface area contributed by atoms with Gasteiger partial charge in [0, 0.05) is 34.5 Å². The highest BCUT2D eigenvalue weighted by Gasteiger charge is 2.15. The number of rotatable bonds is 2. The average molecular weight is 350 g/mol. The number of phenolic OH excluding ortho intramolecular Hbond substituents is 1. The first-order chi connectivity index (χ1) is 12.4. The van der Waals surface area contributed by atoms with E-state index in [0.29, 0.717) is 22.3 Å². The molecule has 2 aromatic heterocycles. The molecule has 0 aliphatic rings. The third kappa shape index (κ3) is 2.61. The highest BCUT2D eigenvalue weighted by atomic mass is 16.5. The maximum absolute atomic E-state index is 12.3. The molecule has 0 radical (unpaired) electrons. The van der Waals surface area contributed by atoms with E-state index >= 15 is 0 Å². The zero-order valence-corrected chi connectivity index (χ0v) is 14.0. The monoisotopic (exact) mass is 350 g/mol. The topological polar surface area (TPSA) is 89.9 Å². The summed E-state index contributed by atoms with van der Waals surface area (Å²) >= 11 is 0. The van der Waals surface area contributed by atoms with E-state index in [1.165, 1.54) is 18.2 Å². The van der Waals surface area contributed by atoms with Gasteiger partial charge in [-0.25, -0.2) is 9.59 Å². The van der Waals surface area contributed by atoms with Gasteiger partial charge in [0.1, 0.15) is 22.7 Å². The van der Waals surface area contributed by atoms with Crippen LogP contribution in [0.15, 0.2) is 60.9 Å². The third-order valence-corrected chi connectivity index (χ3v) is 4.24. The average Bonchev–Trinajstić information content (AvgIpc) is 2.57. The van der Waals surface area contributed by atoms with Gasteiger partial charge in [0.15, 0.2) is 0 Å². The molecule has 4 rings (SSSR count). The molecule has 130 valence electrons. The van der Waals surface area contributed by atoms with Crippen LogP contribution in [-0.2, 0) is 0 Å². The van der Waals surface area contributed by atoms with E-state index in [4.69, 9.17) is 13.6 Å². The van der Waals surface area contributed by atoms with E-state index in [2.05, 4.69) is 0 Å². The van der Waals surface area contributed by atoms with Crippen LogP contribution in [0.4, 0.5) is 0 Å². The lowest BCUT2D eigenvalue weighted by Crippen LogP contribution is -2.06. The fraction of sp³-hybridized carbons (Fsp3) is 0.100. The molecule has 0 spiro atoms. The van der Waals surface area contributed by atoms with E-state index in [-0.39, 0.29) is 17.1 Å². The normalized spacial score (nSPS) is 11.2. The minimum Gasteiger partial charge on any atom is -0.508 e. The molecule has 0 saturated carbocycles. The lowest BCUT2D eigenvalue weighted by atomic mass is 10.1. The number of benzene rings is 2. The minimum atomic E-state index is -0.661. The van der Waals surface area contributed by atoms with E-state index in [9.17, 15) is 14.7 Å². The van der Waals surface area contributed by atoms with E-state index in [1.807, 2.05) is 6.92 Å². The van der Waals surface area contributed by atoms with E-state index < -0.39 is 11.3 Å². The van der Waals surface area contributed by atoms with Gasteiger partial charge in [-0.05, 0) is 43.7 Å². The number of phenols is 1. The van der Waals surface area contributed by atoms with Crippen LogP contribution in [-0.4, -0.2) is 5.11 Å². The Hall–Kier alpha value is -3.54. The van der Waals surface area contributed by atoms with Gasteiger partial charge in [-0.3, -0.25) is 0 Å². The number of hydrogen-bond donors (Lipinski definition) is 1. The second-order valence-electron chi connectivity index (χ2n) is 6.03. The van der Waals surface area contributed by atoms with Gasteiger partial charge in [0.25, 0.3) is 0 Å². The highest BCUT2D eigenvalue weighted by molar-refractivity contribution is 5.84. The Bertz CT molecular complexity index is 1280. The smallest absolute Gasteiger partial charge is 0.379 e. The maximum Gasteiger partial charge on any atom is 0.379 e. The van der Waals surface area contributed by atoms with Crippen LogP contribution in [0.25, 0.3) is 21.9 Å². The van der Waals surface area contributed by atoms with Crippen molar-refractivity contribution in [1.82, 2.24) is 0 Å². The van der Waals surface area contributed by atoms with Crippen LogP contribution in [0.5, 0.6) is 17.2 Å². The van der Waals surface area contributed by atoms with Gasteiger partial charge in [0.2, 0.25) is 5.75 Å². The Morgan fingerprint density at radius 1 is 0.885 bits per heavy atom. The maximum atomic E-state index is 12.3. The fourth-order valence-corrected chi connectivity index (χ4v) is 2.93. The van der Waals surface area contributed by atoms with Crippen molar-refractivity contribution in [3.63, 3.8) is 0 Å². The van der Waals surface area contributed by atoms with Crippen LogP contribution in [0.2, 0.25) is 0 Å². The first-order valence-electron chi connectivity index (χ1n) is 7.91. The Kier molecular flexibility index (Phi) is 3.54. The molecule has 0 amide bonds. The van der Waals surface area contributed by atoms with Crippen molar-refractivity contribution in [2.75, 3.05) is 0 Å². The van der Waals surface area contributed by atoms with Crippen LogP contribution < -0.4 is 16.0 Å². The Balaban J connectivity index is 1.85. The van der Waals surface area contributed by atoms with E-state index in [1.54, 1.807) is 31.2 Å². The Morgan fingerprint density at radius 3 is 2.42 bits per heavy atom. The standard InChI is InChI=1S/C20H14O6/c1-10-7-18(22)25-17-9-13(4-6-14(10)17)24-19-11(2)15-5-3-12(21)8-16(15)26-20(19)23/h3-9,21H,1-2H3. The summed E-state index contributed by atoms with van der Waals surface area (Å²) in [5.41, 5.74) is 0.922. The SMILES string of the molecule is Cc1cc(=O)oc2cc(Oc3c(C)c4ccc(O)cc4oc3=O)ccc12. The zero-order valence-electron chi connectivity index (χ0n) is 14.0. The van der Waals surface area contributed by atoms with Gasteiger partial charge >= 0.3 is 11.3 Å². The number of hydrogen-bond acceptors (Lipinski definition) is 6. The number of fused-ring (bicyclic) bond motifs is 2. The molecule has 2 heterocycles. The molecule has 2 aromatic carbocycles. The van der Waals surface area contributed by atoms with Crippen molar-refractivity contribution in [3.05, 3.63) is 74.4 Å². The largest absolute Gasteiger partial charge is 0.508 e. The molecule has 4 aromatic rings. The molecular weight excluding hydrogens is 336 g/mol. The number of aromatic hydroxyl groups is 1. The first kappa shape index (κ1) is 16.0. The molecule has 0 bridgehead atoms. The first-order valence-corrected chi connectivity index (χ1v) is 7.91. The summed E-state index contributed by atoms with van der Waals surface area (Å²) in [4.78, 5) is 23.9. The highest BCUT2D eigenvalue weighted by Crippen LogP contribution is 2.31. The van der Waals surface area contributed by atoms with Gasteiger partial charge < -0.3 is 18.7 Å². The predicted molar refractivity (Wildman–Crippen MR) is 96.2 cm³/mol. The lowest BCUT2D eigenvalue weighted by molar-refractivity contribution is 0.431. The summed E-state index contributed by atoms with van der Waals surface area (Å²) in [6, 6.07) is 11.0. The van der Waals surface area contributed by atoms with Gasteiger partial charge in [0.05, 0.1) is 0 Å². The Labute approximate surface area is 146 Å². The lowest BCUT2D eigenvalue weighted by Gasteiger charge is -2.10. The summed E-state index contributed by atoms with van der Waals surface area (Å²) < 4.78 is 16.2. The van der Waals surface area contributed by atoms with Crippen molar-refractivity contribution in [3.8, 4) is 17.2 Å². The molecule has 6 nitrogen and oxygen atoms in total. The molecule has 0 aliphatic carbocycles.